The number of hydrogen-bond acceptors (Lipinski definition) is 4. The van der Waals surface area contributed by atoms with Crippen molar-refractivity contribution < 1.29 is 14.4 Å². The normalized spacial score (nSPS) is 22.9. The molecule has 3 rings (SSSR count). The van der Waals surface area contributed by atoms with Gasteiger partial charge in [0.05, 0.1) is 5.92 Å². The van der Waals surface area contributed by atoms with Crippen LogP contribution in [-0.4, -0.2) is 43.5 Å². The van der Waals surface area contributed by atoms with Crippen LogP contribution in [0.2, 0.25) is 0 Å². The third kappa shape index (κ3) is 4.20. The third-order valence-corrected chi connectivity index (χ3v) is 4.68. The number of amides is 4. The Morgan fingerprint density at radius 2 is 2.04 bits per heavy atom. The molecule has 0 aliphatic carbocycles. The molecule has 0 unspecified atom stereocenters. The molecule has 2 aliphatic rings. The molecule has 5 N–H and O–H groups in total. The highest BCUT2D eigenvalue weighted by atomic mass is 16.2. The Labute approximate surface area is 146 Å². The molecule has 2 aliphatic heterocycles. The highest BCUT2D eigenvalue weighted by Crippen LogP contribution is 2.23. The second kappa shape index (κ2) is 7.42. The molecular formula is C17H23N5O3. The van der Waals surface area contributed by atoms with Crippen LogP contribution in [-0.2, 0) is 16.1 Å². The number of benzene rings is 1. The predicted octanol–water partition coefficient (Wildman–Crippen LogP) is -0.314. The molecule has 0 bridgehead atoms. The van der Waals surface area contributed by atoms with Crippen molar-refractivity contribution in [1.29, 1.82) is 0 Å². The monoisotopic (exact) mass is 345 g/mol. The van der Waals surface area contributed by atoms with Crippen LogP contribution in [0.3, 0.4) is 0 Å². The topological polar surface area (TPSA) is 117 Å². The van der Waals surface area contributed by atoms with Crippen molar-refractivity contribution in [3.8, 4) is 0 Å². The first kappa shape index (κ1) is 17.1. The molecule has 25 heavy (non-hydrogen) atoms. The van der Waals surface area contributed by atoms with Gasteiger partial charge in [-0.3, -0.25) is 9.59 Å². The van der Waals surface area contributed by atoms with Crippen LogP contribution in [0.5, 0.6) is 0 Å². The molecule has 134 valence electrons. The third-order valence-electron chi connectivity index (χ3n) is 4.68. The van der Waals surface area contributed by atoms with E-state index in [0.717, 1.165) is 30.6 Å². The van der Waals surface area contributed by atoms with E-state index in [1.165, 1.54) is 0 Å². The second-order valence-electron chi connectivity index (χ2n) is 6.48. The van der Waals surface area contributed by atoms with Crippen LogP contribution < -0.4 is 26.6 Å². The van der Waals surface area contributed by atoms with Gasteiger partial charge >= 0.3 is 6.03 Å². The Kier molecular flexibility index (Phi) is 5.06. The average Bonchev–Trinajstić information content (AvgIpc) is 3.07. The Morgan fingerprint density at radius 3 is 2.68 bits per heavy atom. The zero-order valence-electron chi connectivity index (χ0n) is 14.0. The van der Waals surface area contributed by atoms with Crippen LogP contribution in [0, 0.1) is 5.92 Å². The maximum absolute atomic E-state index is 12.0. The SMILES string of the molecule is NC(=O)[C@H]1CCCN(c2ccc(CNC(=O)[C@@H]3CNC(=O)N3)cc2)C1. The molecule has 1 aromatic rings. The van der Waals surface area contributed by atoms with Crippen molar-refractivity contribution in [1.82, 2.24) is 16.0 Å². The van der Waals surface area contributed by atoms with Gasteiger partial charge in [-0.1, -0.05) is 12.1 Å². The van der Waals surface area contributed by atoms with Crippen LogP contribution in [0.25, 0.3) is 0 Å². The highest BCUT2D eigenvalue weighted by Gasteiger charge is 2.26. The van der Waals surface area contributed by atoms with Crippen molar-refractivity contribution in [3.63, 3.8) is 0 Å². The van der Waals surface area contributed by atoms with E-state index in [9.17, 15) is 14.4 Å². The zero-order chi connectivity index (χ0) is 17.8. The summed E-state index contributed by atoms with van der Waals surface area (Å²) in [5.74, 6) is -0.539. The lowest BCUT2D eigenvalue weighted by atomic mass is 9.97. The number of hydrogen-bond donors (Lipinski definition) is 4. The first-order valence-electron chi connectivity index (χ1n) is 8.48. The van der Waals surface area contributed by atoms with Crippen LogP contribution >= 0.6 is 0 Å². The number of nitrogens with zero attached hydrogens (tertiary/aromatic N) is 1. The van der Waals surface area contributed by atoms with E-state index < -0.39 is 6.04 Å². The zero-order valence-corrected chi connectivity index (χ0v) is 14.0. The molecule has 8 nitrogen and oxygen atoms in total. The molecular weight excluding hydrogens is 322 g/mol. The molecule has 2 heterocycles. The molecule has 2 saturated heterocycles. The van der Waals surface area contributed by atoms with Gasteiger partial charge < -0.3 is 26.6 Å². The summed E-state index contributed by atoms with van der Waals surface area (Å²) in [6.07, 6.45) is 1.80. The summed E-state index contributed by atoms with van der Waals surface area (Å²) < 4.78 is 0. The summed E-state index contributed by atoms with van der Waals surface area (Å²) in [4.78, 5) is 36.6. The Bertz CT molecular complexity index is 661. The fourth-order valence-electron chi connectivity index (χ4n) is 3.19. The van der Waals surface area contributed by atoms with Gasteiger partial charge in [0.25, 0.3) is 0 Å². The van der Waals surface area contributed by atoms with E-state index in [-0.39, 0.29) is 23.8 Å². The van der Waals surface area contributed by atoms with Gasteiger partial charge in [0.15, 0.2) is 0 Å². The molecule has 8 heteroatoms. The van der Waals surface area contributed by atoms with E-state index in [1.807, 2.05) is 24.3 Å². The molecule has 0 radical (unpaired) electrons. The average molecular weight is 345 g/mol. The largest absolute Gasteiger partial charge is 0.371 e. The lowest BCUT2D eigenvalue weighted by molar-refractivity contribution is -0.123. The van der Waals surface area contributed by atoms with Crippen LogP contribution in [0.15, 0.2) is 24.3 Å². The van der Waals surface area contributed by atoms with Gasteiger partial charge in [0, 0.05) is 31.9 Å². The number of piperidine rings is 1. The maximum Gasteiger partial charge on any atom is 0.315 e. The quantitative estimate of drug-likeness (QED) is 0.585. The molecule has 1 aromatic carbocycles. The molecule has 0 aromatic heterocycles. The fraction of sp³-hybridized carbons (Fsp3) is 0.471. The minimum atomic E-state index is -0.522. The van der Waals surface area contributed by atoms with Crippen molar-refractivity contribution in [2.24, 2.45) is 11.7 Å². The first-order valence-corrected chi connectivity index (χ1v) is 8.48. The summed E-state index contributed by atoms with van der Waals surface area (Å²) in [6.45, 7) is 2.27. The van der Waals surface area contributed by atoms with Crippen molar-refractivity contribution in [2.45, 2.75) is 25.4 Å². The number of nitrogens with one attached hydrogen (secondary N) is 3. The van der Waals surface area contributed by atoms with Gasteiger partial charge in [0.1, 0.15) is 6.04 Å². The summed E-state index contributed by atoms with van der Waals surface area (Å²) in [5, 5.41) is 7.92. The van der Waals surface area contributed by atoms with Gasteiger partial charge in [-0.2, -0.15) is 0 Å². The molecule has 2 fully saturated rings. The number of carbonyl (C=O) groups excluding carboxylic acids is 3. The molecule has 0 spiro atoms. The number of carbonyl (C=O) groups is 3. The van der Waals surface area contributed by atoms with Gasteiger partial charge in [0.2, 0.25) is 11.8 Å². The summed E-state index contributed by atoms with van der Waals surface area (Å²) in [7, 11) is 0. The molecule has 0 saturated carbocycles. The molecule has 4 amide bonds. The lowest BCUT2D eigenvalue weighted by Gasteiger charge is -2.33. The number of primary amides is 1. The van der Waals surface area contributed by atoms with Crippen molar-refractivity contribution in [3.05, 3.63) is 29.8 Å². The predicted molar refractivity (Wildman–Crippen MR) is 92.7 cm³/mol. The standard InChI is InChI=1S/C17H23N5O3/c18-15(23)12-2-1-7-22(10-12)13-5-3-11(4-6-13)8-19-16(24)14-9-20-17(25)21-14/h3-6,12,14H,1-2,7-10H2,(H2,18,23)(H,19,24)(H2,20,21,25)/t12-,14-/m0/s1. The Hall–Kier alpha value is -2.77. The minimum absolute atomic E-state index is 0.0945. The van der Waals surface area contributed by atoms with Crippen molar-refractivity contribution in [2.75, 3.05) is 24.5 Å². The highest BCUT2D eigenvalue weighted by molar-refractivity contribution is 5.90. The Balaban J connectivity index is 1.52. The number of anilines is 1. The Morgan fingerprint density at radius 1 is 1.28 bits per heavy atom. The number of nitrogens with two attached hydrogens (primary N) is 1. The summed E-state index contributed by atoms with van der Waals surface area (Å²) >= 11 is 0. The van der Waals surface area contributed by atoms with E-state index in [0.29, 0.717) is 19.6 Å². The van der Waals surface area contributed by atoms with Gasteiger partial charge in [-0.25, -0.2) is 4.79 Å². The first-order chi connectivity index (χ1) is 12.0. The summed E-state index contributed by atoms with van der Waals surface area (Å²) in [5.41, 5.74) is 7.44. The second-order valence-corrected chi connectivity index (χ2v) is 6.48. The van der Waals surface area contributed by atoms with Gasteiger partial charge in [-0.05, 0) is 30.5 Å². The van der Waals surface area contributed by atoms with E-state index >= 15 is 0 Å². The number of urea groups is 1. The van der Waals surface area contributed by atoms with Crippen LogP contribution in [0.1, 0.15) is 18.4 Å². The van der Waals surface area contributed by atoms with E-state index in [1.54, 1.807) is 0 Å². The van der Waals surface area contributed by atoms with Gasteiger partial charge in [-0.15, -0.1) is 0 Å². The summed E-state index contributed by atoms with van der Waals surface area (Å²) in [6, 6.07) is 7.04. The van der Waals surface area contributed by atoms with E-state index in [4.69, 9.17) is 5.73 Å². The van der Waals surface area contributed by atoms with Crippen LogP contribution in [0.4, 0.5) is 10.5 Å². The minimum Gasteiger partial charge on any atom is -0.371 e. The van der Waals surface area contributed by atoms with Crippen molar-refractivity contribution >= 4 is 23.5 Å². The maximum atomic E-state index is 12.0. The molecule has 2 atom stereocenters. The smallest absolute Gasteiger partial charge is 0.315 e. The lowest BCUT2D eigenvalue weighted by Crippen LogP contribution is -2.42. The van der Waals surface area contributed by atoms with E-state index in [2.05, 4.69) is 20.9 Å². The number of rotatable bonds is 5. The fourth-order valence-corrected chi connectivity index (χ4v) is 3.19.